The van der Waals surface area contributed by atoms with Crippen LogP contribution in [0.25, 0.3) is 0 Å². The Balaban J connectivity index is 2.94. The molecule has 1 heterocycles. The zero-order valence-electron chi connectivity index (χ0n) is 6.17. The molecule has 0 fully saturated rings. The lowest BCUT2D eigenvalue weighted by Gasteiger charge is -2.04. The van der Waals surface area contributed by atoms with E-state index in [4.69, 9.17) is 5.73 Å². The normalized spacial score (nSPS) is 13.5. The van der Waals surface area contributed by atoms with Crippen molar-refractivity contribution in [1.29, 1.82) is 0 Å². The van der Waals surface area contributed by atoms with E-state index in [0.717, 1.165) is 14.9 Å². The van der Waals surface area contributed by atoms with Crippen molar-refractivity contribution >= 4 is 27.3 Å². The van der Waals surface area contributed by atoms with Gasteiger partial charge in [-0.3, -0.25) is 0 Å². The van der Waals surface area contributed by atoms with Gasteiger partial charge in [-0.25, -0.2) is 0 Å². The lowest BCUT2D eigenvalue weighted by atomic mass is 10.2. The van der Waals surface area contributed by atoms with E-state index >= 15 is 0 Å². The fraction of sp³-hybridized carbons (Fsp3) is 0.429. The highest BCUT2D eigenvalue weighted by Gasteiger charge is 2.12. The molecule has 3 N–H and O–H groups in total. The summed E-state index contributed by atoms with van der Waals surface area (Å²) in [6.45, 7) is 2.27. The quantitative estimate of drug-likeness (QED) is 0.822. The van der Waals surface area contributed by atoms with Crippen LogP contribution in [0.15, 0.2) is 9.85 Å². The fourth-order valence-corrected chi connectivity index (χ4v) is 2.53. The second-order valence-electron chi connectivity index (χ2n) is 2.35. The summed E-state index contributed by atoms with van der Waals surface area (Å²) in [5.74, 6) is 0. The molecule has 0 aliphatic carbocycles. The van der Waals surface area contributed by atoms with Gasteiger partial charge in [-0.2, -0.15) is 0 Å². The summed E-state index contributed by atoms with van der Waals surface area (Å²) in [7, 11) is 0. The van der Waals surface area contributed by atoms with E-state index in [9.17, 15) is 5.11 Å². The second-order valence-corrected chi connectivity index (χ2v) is 4.05. The molecule has 0 bridgehead atoms. The zero-order valence-corrected chi connectivity index (χ0v) is 8.58. The van der Waals surface area contributed by atoms with Crippen LogP contribution in [0.2, 0.25) is 0 Å². The van der Waals surface area contributed by atoms with E-state index in [1.165, 1.54) is 11.3 Å². The molecule has 0 amide bonds. The minimum atomic E-state index is -0.525. The molecular weight excluding hydrogens is 226 g/mol. The molecule has 0 spiro atoms. The Morgan fingerprint density at radius 1 is 1.82 bits per heavy atom. The molecule has 0 aliphatic rings. The van der Waals surface area contributed by atoms with Crippen molar-refractivity contribution in [2.24, 2.45) is 5.73 Å². The van der Waals surface area contributed by atoms with E-state index in [1.807, 2.05) is 12.3 Å². The van der Waals surface area contributed by atoms with Crippen LogP contribution in [0.3, 0.4) is 0 Å². The molecular formula is C7H10BrNOS. The van der Waals surface area contributed by atoms with E-state index in [0.29, 0.717) is 0 Å². The monoisotopic (exact) mass is 235 g/mol. The van der Waals surface area contributed by atoms with Gasteiger partial charge in [-0.15, -0.1) is 11.3 Å². The summed E-state index contributed by atoms with van der Waals surface area (Å²) in [4.78, 5) is 0.921. The standard InChI is InChI=1S/C7H10BrNOS/c1-4-3-11-7(6(4)8)5(10)2-9/h3,5,10H,2,9H2,1H3/t5-/m0/s1. The first kappa shape index (κ1) is 9.19. The van der Waals surface area contributed by atoms with Crippen LogP contribution >= 0.6 is 27.3 Å². The highest BCUT2D eigenvalue weighted by molar-refractivity contribution is 9.10. The third-order valence-electron chi connectivity index (χ3n) is 1.45. The zero-order chi connectivity index (χ0) is 8.43. The minimum Gasteiger partial charge on any atom is -0.386 e. The maximum Gasteiger partial charge on any atom is 0.101 e. The average Bonchev–Trinajstić information content (AvgIpc) is 2.32. The van der Waals surface area contributed by atoms with Crippen LogP contribution in [0.4, 0.5) is 0 Å². The number of aryl methyl sites for hydroxylation is 1. The molecule has 0 saturated carbocycles. The van der Waals surface area contributed by atoms with Gasteiger partial charge in [0.1, 0.15) is 6.10 Å². The summed E-state index contributed by atoms with van der Waals surface area (Å²) in [6, 6.07) is 0. The number of hydrogen-bond donors (Lipinski definition) is 2. The molecule has 0 aliphatic heterocycles. The number of thiophene rings is 1. The van der Waals surface area contributed by atoms with Gasteiger partial charge in [0.25, 0.3) is 0 Å². The van der Waals surface area contributed by atoms with Crippen molar-refractivity contribution in [2.75, 3.05) is 6.54 Å². The van der Waals surface area contributed by atoms with Crippen LogP contribution in [0, 0.1) is 6.92 Å². The van der Waals surface area contributed by atoms with Gasteiger partial charge in [-0.1, -0.05) is 0 Å². The van der Waals surface area contributed by atoms with Crippen molar-refractivity contribution in [3.8, 4) is 0 Å². The number of aliphatic hydroxyl groups excluding tert-OH is 1. The topological polar surface area (TPSA) is 46.2 Å². The van der Waals surface area contributed by atoms with E-state index in [-0.39, 0.29) is 6.54 Å². The van der Waals surface area contributed by atoms with Gasteiger partial charge in [0.15, 0.2) is 0 Å². The van der Waals surface area contributed by atoms with Crippen molar-refractivity contribution < 1.29 is 5.11 Å². The predicted octanol–water partition coefficient (Wildman–Crippen LogP) is 1.81. The molecule has 0 saturated heterocycles. The van der Waals surface area contributed by atoms with Gasteiger partial charge in [0, 0.05) is 15.9 Å². The Kier molecular flexibility index (Phi) is 3.06. The highest BCUT2D eigenvalue weighted by atomic mass is 79.9. The van der Waals surface area contributed by atoms with E-state index in [1.54, 1.807) is 0 Å². The van der Waals surface area contributed by atoms with Crippen LogP contribution in [-0.4, -0.2) is 11.7 Å². The molecule has 62 valence electrons. The van der Waals surface area contributed by atoms with Crippen molar-refractivity contribution in [2.45, 2.75) is 13.0 Å². The largest absolute Gasteiger partial charge is 0.386 e. The van der Waals surface area contributed by atoms with Crippen molar-refractivity contribution in [3.05, 3.63) is 20.3 Å². The summed E-state index contributed by atoms with van der Waals surface area (Å²) < 4.78 is 0.987. The Morgan fingerprint density at radius 3 is 2.82 bits per heavy atom. The molecule has 11 heavy (non-hydrogen) atoms. The smallest absolute Gasteiger partial charge is 0.101 e. The van der Waals surface area contributed by atoms with E-state index < -0.39 is 6.10 Å². The Morgan fingerprint density at radius 2 is 2.45 bits per heavy atom. The van der Waals surface area contributed by atoms with Gasteiger partial charge in [0.05, 0.1) is 0 Å². The average molecular weight is 236 g/mol. The number of nitrogens with two attached hydrogens (primary N) is 1. The van der Waals surface area contributed by atoms with Gasteiger partial charge < -0.3 is 10.8 Å². The SMILES string of the molecule is Cc1csc([C@@H](O)CN)c1Br. The van der Waals surface area contributed by atoms with Gasteiger partial charge >= 0.3 is 0 Å². The molecule has 0 unspecified atom stereocenters. The Hall–Kier alpha value is 0.100. The predicted molar refractivity (Wildman–Crippen MR) is 50.8 cm³/mol. The second kappa shape index (κ2) is 3.67. The summed E-state index contributed by atoms with van der Waals surface area (Å²) in [5.41, 5.74) is 6.47. The van der Waals surface area contributed by atoms with Crippen molar-refractivity contribution in [3.63, 3.8) is 0 Å². The molecule has 4 heteroatoms. The maximum atomic E-state index is 9.38. The van der Waals surface area contributed by atoms with Crippen LogP contribution < -0.4 is 5.73 Å². The lowest BCUT2D eigenvalue weighted by Crippen LogP contribution is -2.10. The number of aliphatic hydroxyl groups is 1. The molecule has 2 nitrogen and oxygen atoms in total. The molecule has 1 atom stereocenters. The molecule has 0 aromatic carbocycles. The first-order chi connectivity index (χ1) is 5.16. The van der Waals surface area contributed by atoms with Gasteiger partial charge in [0.2, 0.25) is 0 Å². The molecule has 1 aromatic rings. The van der Waals surface area contributed by atoms with Crippen LogP contribution in [-0.2, 0) is 0 Å². The fourth-order valence-electron chi connectivity index (χ4n) is 0.782. The Labute approximate surface area is 78.2 Å². The highest BCUT2D eigenvalue weighted by Crippen LogP contribution is 2.31. The van der Waals surface area contributed by atoms with Gasteiger partial charge in [-0.05, 0) is 33.8 Å². The van der Waals surface area contributed by atoms with E-state index in [2.05, 4.69) is 15.9 Å². The first-order valence-corrected chi connectivity index (χ1v) is 4.95. The van der Waals surface area contributed by atoms with Crippen LogP contribution in [0.1, 0.15) is 16.5 Å². The minimum absolute atomic E-state index is 0.276. The third kappa shape index (κ3) is 1.82. The summed E-state index contributed by atoms with van der Waals surface area (Å²) in [5, 5.41) is 11.4. The van der Waals surface area contributed by atoms with Crippen molar-refractivity contribution in [1.82, 2.24) is 0 Å². The number of rotatable bonds is 2. The summed E-state index contributed by atoms with van der Waals surface area (Å²) >= 11 is 4.92. The first-order valence-electron chi connectivity index (χ1n) is 3.28. The molecule has 0 radical (unpaired) electrons. The number of halogens is 1. The molecule has 1 aromatic heterocycles. The maximum absolute atomic E-state index is 9.38. The Bertz CT molecular complexity index is 249. The lowest BCUT2D eigenvalue weighted by molar-refractivity contribution is 0.190. The third-order valence-corrected chi connectivity index (χ3v) is 3.97. The van der Waals surface area contributed by atoms with Crippen LogP contribution in [0.5, 0.6) is 0 Å². The molecule has 1 rings (SSSR count). The number of hydrogen-bond acceptors (Lipinski definition) is 3. The summed E-state index contributed by atoms with van der Waals surface area (Å²) in [6.07, 6.45) is -0.525.